The molecule has 1 aromatic heterocycles. The number of amides is 1. The number of carbonyl (C=O) groups excluding carboxylic acids is 1. The topological polar surface area (TPSA) is 46.9 Å². The number of aryl methyl sites for hydroxylation is 2. The standard InChI is InChI=1S/C17H20ClN3OS/c1-21-17(14-4-2-5-15(14)20-21)19-16(22)6-3-11-23-13-9-7-12(18)8-10-13/h7-10H,2-6,11H2,1H3,(H,19,22). The second-order valence-electron chi connectivity index (χ2n) is 5.71. The summed E-state index contributed by atoms with van der Waals surface area (Å²) in [7, 11) is 1.89. The number of hydrogen-bond donors (Lipinski definition) is 1. The minimum Gasteiger partial charge on any atom is -0.311 e. The van der Waals surface area contributed by atoms with Crippen LogP contribution < -0.4 is 5.32 Å². The largest absolute Gasteiger partial charge is 0.311 e. The zero-order valence-corrected chi connectivity index (χ0v) is 14.7. The molecule has 6 heteroatoms. The second kappa shape index (κ2) is 7.41. The normalized spacial score (nSPS) is 13.1. The summed E-state index contributed by atoms with van der Waals surface area (Å²) in [5.41, 5.74) is 2.36. The van der Waals surface area contributed by atoms with Gasteiger partial charge in [0.15, 0.2) is 0 Å². The van der Waals surface area contributed by atoms with Crippen molar-refractivity contribution in [2.75, 3.05) is 11.1 Å². The van der Waals surface area contributed by atoms with E-state index >= 15 is 0 Å². The first-order valence-corrected chi connectivity index (χ1v) is 9.23. The van der Waals surface area contributed by atoms with Gasteiger partial charge in [0.2, 0.25) is 5.91 Å². The fraction of sp³-hybridized carbons (Fsp3) is 0.412. The lowest BCUT2D eigenvalue weighted by atomic mass is 10.2. The predicted octanol–water partition coefficient (Wildman–Crippen LogP) is 4.07. The number of carbonyl (C=O) groups is 1. The Bertz CT molecular complexity index is 697. The Morgan fingerprint density at radius 2 is 2.13 bits per heavy atom. The van der Waals surface area contributed by atoms with Crippen LogP contribution in [0.5, 0.6) is 0 Å². The number of nitrogens with zero attached hydrogens (tertiary/aromatic N) is 2. The van der Waals surface area contributed by atoms with Gasteiger partial charge in [0, 0.05) is 29.0 Å². The summed E-state index contributed by atoms with van der Waals surface area (Å²) >= 11 is 7.61. The summed E-state index contributed by atoms with van der Waals surface area (Å²) in [6, 6.07) is 7.79. The minimum atomic E-state index is 0.0689. The number of aromatic nitrogens is 2. The number of hydrogen-bond acceptors (Lipinski definition) is 3. The van der Waals surface area contributed by atoms with E-state index in [1.807, 2.05) is 31.3 Å². The molecular weight excluding hydrogens is 330 g/mol. The molecule has 0 radical (unpaired) electrons. The zero-order chi connectivity index (χ0) is 16.2. The molecule has 0 saturated heterocycles. The number of anilines is 1. The quantitative estimate of drug-likeness (QED) is 0.631. The Morgan fingerprint density at radius 3 is 2.91 bits per heavy atom. The van der Waals surface area contributed by atoms with Crippen molar-refractivity contribution >= 4 is 35.1 Å². The van der Waals surface area contributed by atoms with Crippen LogP contribution in [0, 0.1) is 0 Å². The van der Waals surface area contributed by atoms with Crippen LogP contribution >= 0.6 is 23.4 Å². The fourth-order valence-electron chi connectivity index (χ4n) is 2.82. The van der Waals surface area contributed by atoms with E-state index in [0.29, 0.717) is 6.42 Å². The monoisotopic (exact) mass is 349 g/mol. The molecule has 0 unspecified atom stereocenters. The molecule has 3 rings (SSSR count). The van der Waals surface area contributed by atoms with Crippen molar-refractivity contribution in [3.8, 4) is 0 Å². The molecule has 0 aliphatic heterocycles. The van der Waals surface area contributed by atoms with Gasteiger partial charge in [0.05, 0.1) is 5.69 Å². The molecule has 122 valence electrons. The molecule has 0 fully saturated rings. The van der Waals surface area contributed by atoms with Crippen LogP contribution in [0.2, 0.25) is 5.02 Å². The number of halogens is 1. The highest BCUT2D eigenvalue weighted by atomic mass is 35.5. The van der Waals surface area contributed by atoms with Crippen molar-refractivity contribution in [1.29, 1.82) is 0 Å². The van der Waals surface area contributed by atoms with Gasteiger partial charge in [0.25, 0.3) is 0 Å². The van der Waals surface area contributed by atoms with E-state index in [2.05, 4.69) is 10.4 Å². The van der Waals surface area contributed by atoms with E-state index in [0.717, 1.165) is 48.0 Å². The molecule has 0 saturated carbocycles. The highest BCUT2D eigenvalue weighted by Crippen LogP contribution is 2.28. The van der Waals surface area contributed by atoms with Crippen molar-refractivity contribution < 1.29 is 4.79 Å². The summed E-state index contributed by atoms with van der Waals surface area (Å²) < 4.78 is 1.80. The number of fused-ring (bicyclic) bond motifs is 1. The summed E-state index contributed by atoms with van der Waals surface area (Å²) in [5.74, 6) is 1.87. The van der Waals surface area contributed by atoms with Crippen LogP contribution in [-0.2, 0) is 24.7 Å². The summed E-state index contributed by atoms with van der Waals surface area (Å²) in [4.78, 5) is 13.3. The van der Waals surface area contributed by atoms with Crippen LogP contribution in [0.15, 0.2) is 29.2 Å². The van der Waals surface area contributed by atoms with Gasteiger partial charge in [-0.1, -0.05) is 11.6 Å². The average molecular weight is 350 g/mol. The molecule has 0 atom stereocenters. The summed E-state index contributed by atoms with van der Waals surface area (Å²) in [5, 5.41) is 8.25. The van der Waals surface area contributed by atoms with Gasteiger partial charge < -0.3 is 5.32 Å². The minimum absolute atomic E-state index is 0.0689. The van der Waals surface area contributed by atoms with Gasteiger partial charge in [-0.3, -0.25) is 9.48 Å². The first kappa shape index (κ1) is 16.4. The molecule has 0 spiro atoms. The van der Waals surface area contributed by atoms with E-state index < -0.39 is 0 Å². The molecular formula is C17H20ClN3OS. The van der Waals surface area contributed by atoms with E-state index in [4.69, 9.17) is 11.6 Å². The Balaban J connectivity index is 1.44. The lowest BCUT2D eigenvalue weighted by Crippen LogP contribution is -2.15. The van der Waals surface area contributed by atoms with Gasteiger partial charge >= 0.3 is 0 Å². The van der Waals surface area contributed by atoms with E-state index in [1.54, 1.807) is 16.4 Å². The van der Waals surface area contributed by atoms with E-state index in [1.165, 1.54) is 10.5 Å². The number of rotatable bonds is 6. The average Bonchev–Trinajstić information content (AvgIpc) is 3.08. The highest BCUT2D eigenvalue weighted by molar-refractivity contribution is 7.99. The Hall–Kier alpha value is -1.46. The molecule has 1 amide bonds. The van der Waals surface area contributed by atoms with Crippen LogP contribution in [-0.4, -0.2) is 21.4 Å². The molecule has 2 aromatic rings. The van der Waals surface area contributed by atoms with Crippen LogP contribution in [0.4, 0.5) is 5.82 Å². The smallest absolute Gasteiger partial charge is 0.225 e. The summed E-state index contributed by atoms with van der Waals surface area (Å²) in [6.45, 7) is 0. The van der Waals surface area contributed by atoms with Crippen molar-refractivity contribution in [2.45, 2.75) is 37.0 Å². The third-order valence-electron chi connectivity index (χ3n) is 3.96. The first-order chi connectivity index (χ1) is 11.1. The number of nitrogens with one attached hydrogen (secondary N) is 1. The van der Waals surface area contributed by atoms with Crippen molar-refractivity contribution in [3.05, 3.63) is 40.5 Å². The maximum atomic E-state index is 12.1. The van der Waals surface area contributed by atoms with Gasteiger partial charge in [-0.2, -0.15) is 5.10 Å². The van der Waals surface area contributed by atoms with Gasteiger partial charge in [0.1, 0.15) is 5.82 Å². The third kappa shape index (κ3) is 4.09. The SMILES string of the molecule is Cn1nc2c(c1NC(=O)CCCSc1ccc(Cl)cc1)CCC2. The predicted molar refractivity (Wildman–Crippen MR) is 95.3 cm³/mol. The fourth-order valence-corrected chi connectivity index (χ4v) is 3.80. The van der Waals surface area contributed by atoms with Crippen molar-refractivity contribution in [2.24, 2.45) is 7.05 Å². The molecule has 1 heterocycles. The highest BCUT2D eigenvalue weighted by Gasteiger charge is 2.21. The van der Waals surface area contributed by atoms with Crippen molar-refractivity contribution in [1.82, 2.24) is 9.78 Å². The maximum Gasteiger partial charge on any atom is 0.225 e. The molecule has 1 N–H and O–H groups in total. The lowest BCUT2D eigenvalue weighted by molar-refractivity contribution is -0.116. The molecule has 23 heavy (non-hydrogen) atoms. The molecule has 4 nitrogen and oxygen atoms in total. The second-order valence-corrected chi connectivity index (χ2v) is 7.31. The zero-order valence-electron chi connectivity index (χ0n) is 13.1. The molecule has 1 aromatic carbocycles. The number of thioether (sulfide) groups is 1. The number of benzene rings is 1. The Labute approximate surface area is 145 Å². The Kier molecular flexibility index (Phi) is 5.28. The van der Waals surface area contributed by atoms with E-state index in [-0.39, 0.29) is 5.91 Å². The van der Waals surface area contributed by atoms with Crippen molar-refractivity contribution in [3.63, 3.8) is 0 Å². The Morgan fingerprint density at radius 1 is 1.35 bits per heavy atom. The van der Waals surface area contributed by atoms with Gasteiger partial charge in [-0.05, 0) is 55.7 Å². The van der Waals surface area contributed by atoms with Crippen LogP contribution in [0.25, 0.3) is 0 Å². The molecule has 1 aliphatic carbocycles. The van der Waals surface area contributed by atoms with Crippen LogP contribution in [0.3, 0.4) is 0 Å². The first-order valence-electron chi connectivity index (χ1n) is 7.86. The molecule has 0 bridgehead atoms. The van der Waals surface area contributed by atoms with Gasteiger partial charge in [-0.25, -0.2) is 0 Å². The van der Waals surface area contributed by atoms with Gasteiger partial charge in [-0.15, -0.1) is 11.8 Å². The molecule has 1 aliphatic rings. The maximum absolute atomic E-state index is 12.1. The summed E-state index contributed by atoms with van der Waals surface area (Å²) in [6.07, 6.45) is 4.56. The third-order valence-corrected chi connectivity index (χ3v) is 5.31. The van der Waals surface area contributed by atoms with E-state index in [9.17, 15) is 4.79 Å². The lowest BCUT2D eigenvalue weighted by Gasteiger charge is -2.07. The van der Waals surface area contributed by atoms with Crippen LogP contribution in [0.1, 0.15) is 30.5 Å².